The molecule has 1 amide bonds. The van der Waals surface area contributed by atoms with E-state index in [1.807, 2.05) is 30.3 Å². The van der Waals surface area contributed by atoms with Gasteiger partial charge < -0.3 is 14.4 Å². The van der Waals surface area contributed by atoms with Crippen LogP contribution in [0, 0.1) is 0 Å². The number of rotatable bonds is 6. The summed E-state index contributed by atoms with van der Waals surface area (Å²) in [5.74, 6) is -0.849. The van der Waals surface area contributed by atoms with Crippen molar-refractivity contribution in [1.29, 1.82) is 0 Å². The number of benzene rings is 1. The fraction of sp³-hybridized carbons (Fsp3) is 0.118. The van der Waals surface area contributed by atoms with Gasteiger partial charge in [0.15, 0.2) is 10.8 Å². The fourth-order valence-corrected chi connectivity index (χ4v) is 3.06. The van der Waals surface area contributed by atoms with Gasteiger partial charge in [-0.25, -0.2) is 4.98 Å². The third kappa shape index (κ3) is 3.69. The molecule has 0 aliphatic rings. The van der Waals surface area contributed by atoms with E-state index in [0.717, 1.165) is 5.56 Å². The third-order valence-electron chi connectivity index (χ3n) is 3.28. The molecule has 0 aliphatic carbocycles. The zero-order valence-electron chi connectivity index (χ0n) is 12.6. The van der Waals surface area contributed by atoms with Gasteiger partial charge in [0.1, 0.15) is 11.4 Å². The van der Waals surface area contributed by atoms with Crippen LogP contribution in [-0.2, 0) is 11.3 Å². The van der Waals surface area contributed by atoms with E-state index >= 15 is 0 Å². The molecule has 2 aromatic heterocycles. The quantitative estimate of drug-likeness (QED) is 0.744. The predicted molar refractivity (Wildman–Crippen MR) is 88.6 cm³/mol. The number of amides is 1. The lowest BCUT2D eigenvalue weighted by Gasteiger charge is -2.19. The second-order valence-corrected chi connectivity index (χ2v) is 6.08. The predicted octanol–water partition coefficient (Wildman–Crippen LogP) is 3.13. The highest BCUT2D eigenvalue weighted by Crippen LogP contribution is 2.26. The van der Waals surface area contributed by atoms with E-state index in [9.17, 15) is 9.59 Å². The molecule has 0 saturated carbocycles. The normalized spacial score (nSPS) is 10.5. The van der Waals surface area contributed by atoms with E-state index in [1.54, 1.807) is 12.1 Å². The Bertz CT molecular complexity index is 827. The minimum Gasteiger partial charge on any atom is -0.480 e. The molecule has 0 fully saturated rings. The molecular formula is C17H14N2O4S. The van der Waals surface area contributed by atoms with Crippen LogP contribution in [0.15, 0.2) is 59.3 Å². The van der Waals surface area contributed by atoms with Crippen molar-refractivity contribution in [3.8, 4) is 10.8 Å². The Balaban J connectivity index is 1.81. The van der Waals surface area contributed by atoms with Crippen LogP contribution in [0.5, 0.6) is 0 Å². The van der Waals surface area contributed by atoms with Gasteiger partial charge in [-0.15, -0.1) is 11.3 Å². The number of nitrogens with zero attached hydrogens (tertiary/aromatic N) is 2. The summed E-state index contributed by atoms with van der Waals surface area (Å²) in [5, 5.41) is 9.67. The topological polar surface area (TPSA) is 83.6 Å². The lowest BCUT2D eigenvalue weighted by Crippen LogP contribution is -2.34. The lowest BCUT2D eigenvalue weighted by molar-refractivity contribution is -0.137. The summed E-state index contributed by atoms with van der Waals surface area (Å²) < 4.78 is 5.26. The maximum Gasteiger partial charge on any atom is 0.323 e. The van der Waals surface area contributed by atoms with Crippen molar-refractivity contribution in [2.75, 3.05) is 6.54 Å². The van der Waals surface area contributed by atoms with E-state index < -0.39 is 5.97 Å². The molecule has 0 unspecified atom stereocenters. The Morgan fingerprint density at radius 1 is 1.17 bits per heavy atom. The first-order valence-electron chi connectivity index (χ1n) is 7.18. The standard InChI is InChI=1S/C17H14N2O4S/c20-15(21)11-19(10-12-5-2-1-3-6-12)17(22)14-9-18-16(24-14)13-7-4-8-23-13/h1-9H,10-11H2,(H,20,21). The summed E-state index contributed by atoms with van der Waals surface area (Å²) in [5.41, 5.74) is 0.864. The van der Waals surface area contributed by atoms with Gasteiger partial charge in [-0.05, 0) is 17.7 Å². The first-order chi connectivity index (χ1) is 11.6. The molecule has 24 heavy (non-hydrogen) atoms. The van der Waals surface area contributed by atoms with Gasteiger partial charge in [0.05, 0.1) is 12.5 Å². The second-order valence-electron chi connectivity index (χ2n) is 5.05. The van der Waals surface area contributed by atoms with Crippen molar-refractivity contribution in [1.82, 2.24) is 9.88 Å². The number of thiazole rings is 1. The summed E-state index contributed by atoms with van der Waals surface area (Å²) in [4.78, 5) is 29.6. The largest absolute Gasteiger partial charge is 0.480 e. The van der Waals surface area contributed by atoms with Crippen molar-refractivity contribution in [3.63, 3.8) is 0 Å². The van der Waals surface area contributed by atoms with Crippen molar-refractivity contribution >= 4 is 23.2 Å². The highest BCUT2D eigenvalue weighted by Gasteiger charge is 2.22. The molecule has 3 rings (SSSR count). The Morgan fingerprint density at radius 3 is 2.62 bits per heavy atom. The van der Waals surface area contributed by atoms with Gasteiger partial charge in [0.25, 0.3) is 5.91 Å². The maximum absolute atomic E-state index is 12.7. The van der Waals surface area contributed by atoms with Crippen LogP contribution in [0.25, 0.3) is 10.8 Å². The number of carboxylic acids is 1. The molecule has 0 bridgehead atoms. The van der Waals surface area contributed by atoms with Gasteiger partial charge >= 0.3 is 5.97 Å². The second kappa shape index (κ2) is 7.10. The Morgan fingerprint density at radius 2 is 1.96 bits per heavy atom. The molecule has 0 saturated heterocycles. The molecule has 2 heterocycles. The highest BCUT2D eigenvalue weighted by atomic mass is 32.1. The number of aromatic nitrogens is 1. The van der Waals surface area contributed by atoms with Crippen molar-refractivity contribution in [2.24, 2.45) is 0 Å². The first kappa shape index (κ1) is 15.9. The zero-order valence-corrected chi connectivity index (χ0v) is 13.4. The van der Waals surface area contributed by atoms with Crippen molar-refractivity contribution < 1.29 is 19.1 Å². The lowest BCUT2D eigenvalue weighted by atomic mass is 10.2. The first-order valence-corrected chi connectivity index (χ1v) is 8.00. The Hall–Kier alpha value is -2.93. The molecule has 0 spiro atoms. The van der Waals surface area contributed by atoms with Gasteiger partial charge in [0.2, 0.25) is 0 Å². The van der Waals surface area contributed by atoms with Crippen LogP contribution >= 0.6 is 11.3 Å². The number of carboxylic acid groups (broad SMARTS) is 1. The Kier molecular flexibility index (Phi) is 4.72. The molecule has 0 atom stereocenters. The number of hydrogen-bond donors (Lipinski definition) is 1. The number of aliphatic carboxylic acids is 1. The molecule has 122 valence electrons. The number of carbonyl (C=O) groups is 2. The SMILES string of the molecule is O=C(O)CN(Cc1ccccc1)C(=O)c1cnc(-c2ccco2)s1. The minimum absolute atomic E-state index is 0.222. The summed E-state index contributed by atoms with van der Waals surface area (Å²) >= 11 is 1.18. The van der Waals surface area contributed by atoms with Gasteiger partial charge in [-0.2, -0.15) is 0 Å². The van der Waals surface area contributed by atoms with Crippen LogP contribution in [0.1, 0.15) is 15.2 Å². The fourth-order valence-electron chi connectivity index (χ4n) is 2.21. The monoisotopic (exact) mass is 342 g/mol. The zero-order chi connectivity index (χ0) is 16.9. The van der Waals surface area contributed by atoms with E-state index in [0.29, 0.717) is 15.6 Å². The minimum atomic E-state index is -1.06. The van der Waals surface area contributed by atoms with Gasteiger partial charge in [-0.3, -0.25) is 9.59 Å². The summed E-state index contributed by atoms with van der Waals surface area (Å²) in [7, 11) is 0. The third-order valence-corrected chi connectivity index (χ3v) is 4.28. The van der Waals surface area contributed by atoms with Crippen LogP contribution < -0.4 is 0 Å². The molecule has 0 radical (unpaired) electrons. The summed E-state index contributed by atoms with van der Waals surface area (Å²) in [6.07, 6.45) is 2.98. The number of furan rings is 1. The molecule has 3 aromatic rings. The van der Waals surface area contributed by atoms with E-state index in [1.165, 1.54) is 28.7 Å². The average Bonchev–Trinajstić information content (AvgIpc) is 3.25. The molecule has 6 nitrogen and oxygen atoms in total. The van der Waals surface area contributed by atoms with E-state index in [-0.39, 0.29) is 19.0 Å². The molecule has 7 heteroatoms. The van der Waals surface area contributed by atoms with Gasteiger partial charge in [-0.1, -0.05) is 30.3 Å². The van der Waals surface area contributed by atoms with Crippen LogP contribution in [0.4, 0.5) is 0 Å². The van der Waals surface area contributed by atoms with E-state index in [2.05, 4.69) is 4.98 Å². The summed E-state index contributed by atoms with van der Waals surface area (Å²) in [6, 6.07) is 12.8. The molecule has 1 N–H and O–H groups in total. The van der Waals surface area contributed by atoms with Crippen molar-refractivity contribution in [2.45, 2.75) is 6.54 Å². The van der Waals surface area contributed by atoms with Crippen molar-refractivity contribution in [3.05, 3.63) is 65.4 Å². The average molecular weight is 342 g/mol. The molecule has 1 aromatic carbocycles. The maximum atomic E-state index is 12.7. The molecule has 0 aliphatic heterocycles. The van der Waals surface area contributed by atoms with E-state index in [4.69, 9.17) is 9.52 Å². The van der Waals surface area contributed by atoms with Gasteiger partial charge in [0, 0.05) is 6.54 Å². The number of carbonyl (C=O) groups excluding carboxylic acids is 1. The molecular weight excluding hydrogens is 328 g/mol. The highest BCUT2D eigenvalue weighted by molar-refractivity contribution is 7.16. The van der Waals surface area contributed by atoms with Crippen LogP contribution in [0.2, 0.25) is 0 Å². The van der Waals surface area contributed by atoms with Crippen LogP contribution in [0.3, 0.4) is 0 Å². The summed E-state index contributed by atoms with van der Waals surface area (Å²) in [6.45, 7) is -0.151. The Labute approximate surface area is 142 Å². The van der Waals surface area contributed by atoms with Crippen LogP contribution in [-0.4, -0.2) is 33.4 Å². The number of hydrogen-bond acceptors (Lipinski definition) is 5. The smallest absolute Gasteiger partial charge is 0.323 e.